The average Bonchev–Trinajstić information content (AvgIpc) is 2.49. The Bertz CT molecular complexity index is 398. The molecule has 7 nitrogen and oxygen atoms in total. The van der Waals surface area contributed by atoms with Crippen molar-refractivity contribution in [2.24, 2.45) is 10.9 Å². The lowest BCUT2D eigenvalue weighted by molar-refractivity contribution is 0.0529. The number of ether oxygens (including phenoxy) is 1. The Hall–Kier alpha value is -1.50. The van der Waals surface area contributed by atoms with Gasteiger partial charge in [-0.2, -0.15) is 0 Å². The van der Waals surface area contributed by atoms with E-state index in [9.17, 15) is 4.79 Å². The number of rotatable bonds is 6. The number of aliphatic imine (C=N–C) groups is 1. The van der Waals surface area contributed by atoms with Crippen molar-refractivity contribution in [3.63, 3.8) is 0 Å². The molecule has 3 N–H and O–H groups in total. The van der Waals surface area contributed by atoms with Gasteiger partial charge in [-0.3, -0.25) is 4.99 Å². The Morgan fingerprint density at radius 2 is 1.71 bits per heavy atom. The normalized spacial score (nSPS) is 17.5. The van der Waals surface area contributed by atoms with Crippen molar-refractivity contribution in [1.82, 2.24) is 20.9 Å². The summed E-state index contributed by atoms with van der Waals surface area (Å²) in [5.41, 5.74) is -0.469. The van der Waals surface area contributed by atoms with Crippen LogP contribution >= 0.6 is 0 Å². The highest BCUT2D eigenvalue weighted by Crippen LogP contribution is 2.18. The van der Waals surface area contributed by atoms with Gasteiger partial charge in [0.2, 0.25) is 0 Å². The standard InChI is InChI=1S/C17H35N5O2/c1-17(2,3)24-16(23)21-11-10-20-15(18-4)19-9-6-14-7-12-22(5)13-8-14/h14H,6-13H2,1-5H3,(H,21,23)(H2,18,19,20). The molecule has 0 aliphatic carbocycles. The fourth-order valence-electron chi connectivity index (χ4n) is 2.63. The second-order valence-electron chi connectivity index (χ2n) is 7.39. The van der Waals surface area contributed by atoms with Gasteiger partial charge in [0.05, 0.1) is 0 Å². The summed E-state index contributed by atoms with van der Waals surface area (Å²) in [6.07, 6.45) is 3.34. The molecule has 0 atom stereocenters. The van der Waals surface area contributed by atoms with Crippen LogP contribution in [0.5, 0.6) is 0 Å². The molecule has 24 heavy (non-hydrogen) atoms. The number of likely N-dealkylation sites (tertiary alicyclic amines) is 1. The van der Waals surface area contributed by atoms with Crippen LogP contribution in [-0.2, 0) is 4.74 Å². The third-order valence-electron chi connectivity index (χ3n) is 3.99. The first-order valence-corrected chi connectivity index (χ1v) is 8.90. The van der Waals surface area contributed by atoms with Gasteiger partial charge in [0, 0.05) is 26.7 Å². The molecular weight excluding hydrogens is 306 g/mol. The molecule has 0 spiro atoms. The minimum atomic E-state index is -0.469. The highest BCUT2D eigenvalue weighted by Gasteiger charge is 2.16. The van der Waals surface area contributed by atoms with Gasteiger partial charge in [-0.15, -0.1) is 0 Å². The van der Waals surface area contributed by atoms with Crippen molar-refractivity contribution in [1.29, 1.82) is 0 Å². The zero-order valence-corrected chi connectivity index (χ0v) is 15.9. The van der Waals surface area contributed by atoms with Crippen LogP contribution < -0.4 is 16.0 Å². The van der Waals surface area contributed by atoms with E-state index >= 15 is 0 Å². The van der Waals surface area contributed by atoms with Gasteiger partial charge in [0.1, 0.15) is 5.60 Å². The molecule has 1 heterocycles. The topological polar surface area (TPSA) is 78.0 Å². The van der Waals surface area contributed by atoms with Gasteiger partial charge >= 0.3 is 6.09 Å². The first-order valence-electron chi connectivity index (χ1n) is 8.90. The van der Waals surface area contributed by atoms with E-state index in [0.717, 1.165) is 18.4 Å². The van der Waals surface area contributed by atoms with Crippen LogP contribution in [0.3, 0.4) is 0 Å². The minimum absolute atomic E-state index is 0.394. The van der Waals surface area contributed by atoms with Crippen molar-refractivity contribution in [3.8, 4) is 0 Å². The maximum atomic E-state index is 11.5. The summed E-state index contributed by atoms with van der Waals surface area (Å²) < 4.78 is 5.18. The number of carbonyl (C=O) groups is 1. The fraction of sp³-hybridized carbons (Fsp3) is 0.882. The predicted molar refractivity (Wildman–Crippen MR) is 98.4 cm³/mol. The quantitative estimate of drug-likeness (QED) is 0.387. The summed E-state index contributed by atoms with van der Waals surface area (Å²) in [6.45, 7) is 9.97. The van der Waals surface area contributed by atoms with E-state index in [2.05, 4.69) is 32.9 Å². The smallest absolute Gasteiger partial charge is 0.407 e. The number of carbonyl (C=O) groups excluding carboxylic acids is 1. The molecule has 0 bridgehead atoms. The summed E-state index contributed by atoms with van der Waals surface area (Å²) in [4.78, 5) is 18.1. The molecule has 1 aliphatic rings. The molecule has 7 heteroatoms. The Kier molecular flexibility index (Phi) is 8.89. The lowest BCUT2D eigenvalue weighted by Gasteiger charge is -2.29. The van der Waals surface area contributed by atoms with Crippen LogP contribution in [0.1, 0.15) is 40.0 Å². The Morgan fingerprint density at radius 3 is 2.29 bits per heavy atom. The van der Waals surface area contributed by atoms with Gasteiger partial charge < -0.3 is 25.6 Å². The van der Waals surface area contributed by atoms with E-state index in [0.29, 0.717) is 13.1 Å². The fourth-order valence-corrected chi connectivity index (χ4v) is 2.63. The number of hydrogen-bond donors (Lipinski definition) is 3. The van der Waals surface area contributed by atoms with E-state index in [1.165, 1.54) is 32.4 Å². The number of guanidine groups is 1. The number of nitrogens with one attached hydrogen (secondary N) is 3. The molecule has 0 radical (unpaired) electrons. The monoisotopic (exact) mass is 341 g/mol. The molecule has 0 aromatic carbocycles. The molecular formula is C17H35N5O2. The molecule has 0 saturated carbocycles. The second kappa shape index (κ2) is 10.4. The van der Waals surface area contributed by atoms with Gasteiger partial charge in [-0.1, -0.05) is 0 Å². The van der Waals surface area contributed by atoms with Crippen LogP contribution in [0, 0.1) is 5.92 Å². The van der Waals surface area contributed by atoms with E-state index in [4.69, 9.17) is 4.74 Å². The van der Waals surface area contributed by atoms with Crippen LogP contribution in [0.25, 0.3) is 0 Å². The summed E-state index contributed by atoms with van der Waals surface area (Å²) in [7, 11) is 3.94. The maximum absolute atomic E-state index is 11.5. The van der Waals surface area contributed by atoms with Crippen LogP contribution in [0.4, 0.5) is 4.79 Å². The van der Waals surface area contributed by atoms with Crippen molar-refractivity contribution >= 4 is 12.1 Å². The van der Waals surface area contributed by atoms with Gasteiger partial charge in [-0.05, 0) is 66.1 Å². The van der Waals surface area contributed by atoms with Crippen LogP contribution in [0.2, 0.25) is 0 Å². The van der Waals surface area contributed by atoms with Gasteiger partial charge in [-0.25, -0.2) is 4.79 Å². The summed E-state index contributed by atoms with van der Waals surface area (Å²) in [5, 5.41) is 9.25. The number of hydrogen-bond acceptors (Lipinski definition) is 4. The number of alkyl carbamates (subject to hydrolysis) is 1. The van der Waals surface area contributed by atoms with Crippen LogP contribution in [-0.4, -0.2) is 69.4 Å². The largest absolute Gasteiger partial charge is 0.444 e. The lowest BCUT2D eigenvalue weighted by atomic mass is 9.94. The van der Waals surface area contributed by atoms with E-state index < -0.39 is 11.7 Å². The third-order valence-corrected chi connectivity index (χ3v) is 3.99. The number of amides is 1. The summed E-state index contributed by atoms with van der Waals surface area (Å²) >= 11 is 0. The Labute approximate surface area is 146 Å². The Balaban J connectivity index is 2.09. The highest BCUT2D eigenvalue weighted by atomic mass is 16.6. The average molecular weight is 342 g/mol. The molecule has 0 aromatic heterocycles. The third kappa shape index (κ3) is 9.60. The van der Waals surface area contributed by atoms with Crippen LogP contribution in [0.15, 0.2) is 4.99 Å². The number of piperidine rings is 1. The zero-order chi connectivity index (χ0) is 18.0. The van der Waals surface area contributed by atoms with E-state index in [1.807, 2.05) is 20.8 Å². The Morgan fingerprint density at radius 1 is 1.12 bits per heavy atom. The maximum Gasteiger partial charge on any atom is 0.407 e. The number of nitrogens with zero attached hydrogens (tertiary/aromatic N) is 2. The van der Waals surface area contributed by atoms with E-state index in [1.54, 1.807) is 7.05 Å². The molecule has 140 valence electrons. The van der Waals surface area contributed by atoms with Crippen molar-refractivity contribution < 1.29 is 9.53 Å². The molecule has 0 aromatic rings. The SMILES string of the molecule is CN=C(NCCNC(=O)OC(C)(C)C)NCCC1CCN(C)CC1. The first-order chi connectivity index (χ1) is 11.3. The molecule has 0 unspecified atom stereocenters. The minimum Gasteiger partial charge on any atom is -0.444 e. The van der Waals surface area contributed by atoms with Crippen molar-refractivity contribution in [3.05, 3.63) is 0 Å². The highest BCUT2D eigenvalue weighted by molar-refractivity contribution is 5.79. The summed E-state index contributed by atoms with van der Waals surface area (Å²) in [6, 6.07) is 0. The predicted octanol–water partition coefficient (Wildman–Crippen LogP) is 1.41. The van der Waals surface area contributed by atoms with Gasteiger partial charge in [0.25, 0.3) is 0 Å². The van der Waals surface area contributed by atoms with Crippen molar-refractivity contribution in [2.45, 2.75) is 45.6 Å². The molecule has 1 amide bonds. The molecule has 1 rings (SSSR count). The zero-order valence-electron chi connectivity index (χ0n) is 15.9. The molecule has 1 aliphatic heterocycles. The molecule has 1 saturated heterocycles. The van der Waals surface area contributed by atoms with Gasteiger partial charge in [0.15, 0.2) is 5.96 Å². The lowest BCUT2D eigenvalue weighted by Crippen LogP contribution is -2.43. The first kappa shape index (κ1) is 20.5. The summed E-state index contributed by atoms with van der Waals surface area (Å²) in [5.74, 6) is 1.58. The van der Waals surface area contributed by atoms with Crippen molar-refractivity contribution in [2.75, 3.05) is 46.8 Å². The molecule has 1 fully saturated rings. The van der Waals surface area contributed by atoms with E-state index in [-0.39, 0.29) is 0 Å². The second-order valence-corrected chi connectivity index (χ2v) is 7.39.